The van der Waals surface area contributed by atoms with E-state index in [0.717, 1.165) is 27.8 Å². The highest BCUT2D eigenvalue weighted by atomic mass is 32.2. The van der Waals surface area contributed by atoms with E-state index in [-0.39, 0.29) is 17.7 Å². The summed E-state index contributed by atoms with van der Waals surface area (Å²) < 4.78 is 2.10. The molecule has 6 nitrogen and oxygen atoms in total. The lowest BCUT2D eigenvalue weighted by Crippen LogP contribution is -2.15. The Balaban J connectivity index is 1.42. The molecule has 0 aliphatic rings. The second-order valence-corrected chi connectivity index (χ2v) is 11.1. The number of nitrogens with one attached hydrogen (secondary N) is 1. The summed E-state index contributed by atoms with van der Waals surface area (Å²) in [6, 6.07) is 10.6. The zero-order valence-electron chi connectivity index (χ0n) is 19.3. The summed E-state index contributed by atoms with van der Waals surface area (Å²) in [6.07, 6.45) is 0. The standard InChI is InChI=1S/C24H27N5OS3/c1-14(2)20-10-18(11-31-20)22-27-28-24(29(22)15(3)4)33-13-21(30)26-23-25-19(12-32-23)17-8-6-16(5)7-9-17/h6-12,14-15H,13H2,1-5H3,(H,25,26,30). The first kappa shape index (κ1) is 23.7. The van der Waals surface area contributed by atoms with E-state index in [0.29, 0.717) is 11.0 Å². The molecule has 0 saturated heterocycles. The van der Waals surface area contributed by atoms with Crippen LogP contribution in [0.2, 0.25) is 0 Å². The van der Waals surface area contributed by atoms with Crippen LogP contribution in [-0.4, -0.2) is 31.4 Å². The van der Waals surface area contributed by atoms with Gasteiger partial charge in [-0.2, -0.15) is 0 Å². The predicted molar refractivity (Wildman–Crippen MR) is 139 cm³/mol. The fourth-order valence-electron chi connectivity index (χ4n) is 3.28. The molecule has 0 spiro atoms. The monoisotopic (exact) mass is 497 g/mol. The van der Waals surface area contributed by atoms with Gasteiger partial charge in [0.25, 0.3) is 0 Å². The zero-order chi connectivity index (χ0) is 23.5. The number of aryl methyl sites for hydroxylation is 1. The van der Waals surface area contributed by atoms with Crippen LogP contribution in [0.15, 0.2) is 46.2 Å². The topological polar surface area (TPSA) is 72.7 Å². The van der Waals surface area contributed by atoms with Gasteiger partial charge in [-0.1, -0.05) is 55.4 Å². The van der Waals surface area contributed by atoms with Crippen molar-refractivity contribution in [3.05, 3.63) is 51.5 Å². The molecule has 9 heteroatoms. The number of amides is 1. The molecule has 33 heavy (non-hydrogen) atoms. The van der Waals surface area contributed by atoms with E-state index in [2.05, 4.69) is 83.3 Å². The third-order valence-corrected chi connectivity index (χ3v) is 7.99. The quantitative estimate of drug-likeness (QED) is 0.269. The van der Waals surface area contributed by atoms with Crippen LogP contribution < -0.4 is 5.32 Å². The summed E-state index contributed by atoms with van der Waals surface area (Å²) >= 11 is 4.57. The van der Waals surface area contributed by atoms with E-state index in [1.807, 2.05) is 17.5 Å². The Kier molecular flexibility index (Phi) is 7.31. The van der Waals surface area contributed by atoms with Crippen LogP contribution in [0.3, 0.4) is 0 Å². The van der Waals surface area contributed by atoms with Crippen LogP contribution in [0, 0.1) is 6.92 Å². The molecule has 0 unspecified atom stereocenters. The summed E-state index contributed by atoms with van der Waals surface area (Å²) in [5.74, 6) is 1.46. The molecule has 3 aromatic heterocycles. The van der Waals surface area contributed by atoms with Gasteiger partial charge < -0.3 is 5.32 Å². The number of thiazole rings is 1. The van der Waals surface area contributed by atoms with Crippen molar-refractivity contribution in [2.24, 2.45) is 0 Å². The number of anilines is 1. The first-order chi connectivity index (χ1) is 15.8. The number of carbonyl (C=O) groups is 1. The molecule has 0 fully saturated rings. The minimum atomic E-state index is -0.109. The first-order valence-electron chi connectivity index (χ1n) is 10.8. The molecule has 1 aromatic carbocycles. The summed E-state index contributed by atoms with van der Waals surface area (Å²) in [5, 5.41) is 17.2. The van der Waals surface area contributed by atoms with Crippen molar-refractivity contribution in [1.29, 1.82) is 0 Å². The Morgan fingerprint density at radius 3 is 2.48 bits per heavy atom. The molecule has 4 aromatic rings. The average Bonchev–Trinajstić information content (AvgIpc) is 3.51. The van der Waals surface area contributed by atoms with Gasteiger partial charge in [0.05, 0.1) is 11.4 Å². The smallest absolute Gasteiger partial charge is 0.236 e. The third kappa shape index (κ3) is 5.54. The fourth-order valence-corrected chi connectivity index (χ4v) is 5.79. The number of benzene rings is 1. The van der Waals surface area contributed by atoms with Gasteiger partial charge in [0.15, 0.2) is 16.1 Å². The molecular formula is C24H27N5OS3. The molecule has 4 rings (SSSR count). The van der Waals surface area contributed by atoms with Crippen LogP contribution in [0.4, 0.5) is 5.13 Å². The Bertz CT molecular complexity index is 1240. The molecule has 1 amide bonds. The largest absolute Gasteiger partial charge is 0.301 e. The first-order valence-corrected chi connectivity index (χ1v) is 13.5. The Hall–Kier alpha value is -2.49. The lowest BCUT2D eigenvalue weighted by molar-refractivity contribution is -0.113. The van der Waals surface area contributed by atoms with E-state index < -0.39 is 0 Å². The Morgan fingerprint density at radius 2 is 1.82 bits per heavy atom. The number of nitrogens with zero attached hydrogens (tertiary/aromatic N) is 4. The maximum atomic E-state index is 12.6. The van der Waals surface area contributed by atoms with E-state index in [1.54, 1.807) is 11.3 Å². The van der Waals surface area contributed by atoms with Gasteiger partial charge in [-0.25, -0.2) is 4.98 Å². The Morgan fingerprint density at radius 1 is 1.06 bits per heavy atom. The van der Waals surface area contributed by atoms with Gasteiger partial charge in [-0.3, -0.25) is 9.36 Å². The van der Waals surface area contributed by atoms with Crippen molar-refractivity contribution in [2.75, 3.05) is 11.1 Å². The van der Waals surface area contributed by atoms with Gasteiger partial charge in [0.2, 0.25) is 5.91 Å². The highest BCUT2D eigenvalue weighted by Gasteiger charge is 2.19. The number of carbonyl (C=O) groups excluding carboxylic acids is 1. The summed E-state index contributed by atoms with van der Waals surface area (Å²) in [5.41, 5.74) is 4.19. The lowest BCUT2D eigenvalue weighted by atomic mass is 10.1. The molecular weight excluding hydrogens is 470 g/mol. The van der Waals surface area contributed by atoms with Crippen molar-refractivity contribution in [1.82, 2.24) is 19.7 Å². The molecule has 3 heterocycles. The van der Waals surface area contributed by atoms with Crippen molar-refractivity contribution in [3.8, 4) is 22.6 Å². The van der Waals surface area contributed by atoms with Crippen LogP contribution >= 0.6 is 34.4 Å². The van der Waals surface area contributed by atoms with Crippen LogP contribution in [0.25, 0.3) is 22.6 Å². The summed E-state index contributed by atoms with van der Waals surface area (Å²) in [4.78, 5) is 18.5. The van der Waals surface area contributed by atoms with Gasteiger partial charge in [-0.15, -0.1) is 32.9 Å². The average molecular weight is 498 g/mol. The van der Waals surface area contributed by atoms with Crippen molar-refractivity contribution in [3.63, 3.8) is 0 Å². The minimum Gasteiger partial charge on any atom is -0.301 e. The molecule has 1 N–H and O–H groups in total. The number of rotatable bonds is 8. The number of hydrogen-bond acceptors (Lipinski definition) is 7. The number of hydrogen-bond donors (Lipinski definition) is 1. The predicted octanol–water partition coefficient (Wildman–Crippen LogP) is 6.87. The second-order valence-electron chi connectivity index (χ2n) is 8.40. The molecule has 0 atom stereocenters. The van der Waals surface area contributed by atoms with Gasteiger partial charge in [0.1, 0.15) is 0 Å². The van der Waals surface area contributed by atoms with E-state index >= 15 is 0 Å². The molecule has 0 saturated carbocycles. The van der Waals surface area contributed by atoms with Crippen molar-refractivity contribution >= 4 is 45.5 Å². The SMILES string of the molecule is Cc1ccc(-c2csc(NC(=O)CSc3nnc(-c4csc(C(C)C)c4)n3C(C)C)n2)cc1. The lowest BCUT2D eigenvalue weighted by Gasteiger charge is -2.13. The van der Waals surface area contributed by atoms with Crippen molar-refractivity contribution in [2.45, 2.75) is 51.7 Å². The second kappa shape index (κ2) is 10.2. The van der Waals surface area contributed by atoms with Crippen LogP contribution in [-0.2, 0) is 4.79 Å². The van der Waals surface area contributed by atoms with E-state index in [9.17, 15) is 4.79 Å². The van der Waals surface area contributed by atoms with Crippen LogP contribution in [0.1, 0.15) is 50.1 Å². The molecule has 0 aliphatic carbocycles. The summed E-state index contributed by atoms with van der Waals surface area (Å²) in [7, 11) is 0. The summed E-state index contributed by atoms with van der Waals surface area (Å²) in [6.45, 7) is 10.6. The van der Waals surface area contributed by atoms with Crippen LogP contribution in [0.5, 0.6) is 0 Å². The number of aromatic nitrogens is 4. The molecule has 172 valence electrons. The normalized spacial score (nSPS) is 11.5. The fraction of sp³-hybridized carbons (Fsp3) is 0.333. The number of thioether (sulfide) groups is 1. The number of thiophene rings is 1. The van der Waals surface area contributed by atoms with E-state index in [1.165, 1.54) is 33.5 Å². The molecule has 0 aliphatic heterocycles. The highest BCUT2D eigenvalue weighted by Crippen LogP contribution is 2.33. The maximum absolute atomic E-state index is 12.6. The van der Waals surface area contributed by atoms with Gasteiger partial charge >= 0.3 is 0 Å². The van der Waals surface area contributed by atoms with Gasteiger partial charge in [-0.05, 0) is 32.8 Å². The van der Waals surface area contributed by atoms with E-state index in [4.69, 9.17) is 0 Å². The van der Waals surface area contributed by atoms with Crippen molar-refractivity contribution < 1.29 is 4.79 Å². The minimum absolute atomic E-state index is 0.109. The third-order valence-electron chi connectivity index (χ3n) is 5.06. The molecule has 0 bridgehead atoms. The Labute approximate surface area is 206 Å². The van der Waals surface area contributed by atoms with Gasteiger partial charge in [0, 0.05) is 32.8 Å². The maximum Gasteiger partial charge on any atom is 0.236 e. The zero-order valence-corrected chi connectivity index (χ0v) is 21.8. The molecule has 0 radical (unpaired) electrons. The highest BCUT2D eigenvalue weighted by molar-refractivity contribution is 7.99.